The number of carbonyl (C=O) groups is 3. The maximum absolute atomic E-state index is 10.9. The van der Waals surface area contributed by atoms with Crippen molar-refractivity contribution in [3.05, 3.63) is 0 Å². The summed E-state index contributed by atoms with van der Waals surface area (Å²) in [6.07, 6.45) is -0.0142. The fourth-order valence-electron chi connectivity index (χ4n) is 0.764. The van der Waals surface area contributed by atoms with Crippen LogP contribution in [-0.2, 0) is 9.59 Å². The number of rotatable bonds is 5. The largest absolute Gasteiger partial charge is 0.480 e. The van der Waals surface area contributed by atoms with E-state index in [9.17, 15) is 14.4 Å². The number of urea groups is 1. The lowest BCUT2D eigenvalue weighted by atomic mass is 10.1. The monoisotopic (exact) mass is 217 g/mol. The highest BCUT2D eigenvalue weighted by atomic mass is 16.4. The number of imide groups is 1. The van der Waals surface area contributed by atoms with Crippen LogP contribution < -0.4 is 16.4 Å². The molecule has 7 nitrogen and oxygen atoms in total. The highest BCUT2D eigenvalue weighted by molar-refractivity contribution is 5.93. The van der Waals surface area contributed by atoms with E-state index in [0.717, 1.165) is 0 Å². The van der Waals surface area contributed by atoms with Crippen LogP contribution in [0.4, 0.5) is 4.79 Å². The number of nitrogens with two attached hydrogens (primary N) is 1. The Bertz CT molecular complexity index is 275. The van der Waals surface area contributed by atoms with Crippen LogP contribution in [0.1, 0.15) is 20.3 Å². The Morgan fingerprint density at radius 3 is 2.27 bits per heavy atom. The number of carboxylic acid groups (broad SMARTS) is 1. The van der Waals surface area contributed by atoms with Crippen LogP contribution in [0.2, 0.25) is 0 Å². The molecular formula is C8H15N3O4. The lowest BCUT2D eigenvalue weighted by Gasteiger charge is -2.20. The van der Waals surface area contributed by atoms with Crippen molar-refractivity contribution in [2.45, 2.75) is 25.8 Å². The van der Waals surface area contributed by atoms with Gasteiger partial charge in [-0.1, -0.05) is 0 Å². The first-order chi connectivity index (χ1) is 6.75. The normalized spacial score (nSPS) is 10.8. The molecule has 3 amide bonds. The summed E-state index contributed by atoms with van der Waals surface area (Å²) in [5.74, 6) is -1.56. The van der Waals surface area contributed by atoms with Crippen molar-refractivity contribution in [2.75, 3.05) is 6.54 Å². The van der Waals surface area contributed by atoms with E-state index in [-0.39, 0.29) is 13.0 Å². The minimum Gasteiger partial charge on any atom is -0.480 e. The van der Waals surface area contributed by atoms with Gasteiger partial charge in [0.2, 0.25) is 5.91 Å². The summed E-state index contributed by atoms with van der Waals surface area (Å²) in [4.78, 5) is 31.8. The summed E-state index contributed by atoms with van der Waals surface area (Å²) in [6.45, 7) is 3.10. The zero-order valence-corrected chi connectivity index (χ0v) is 8.66. The van der Waals surface area contributed by atoms with E-state index in [1.165, 1.54) is 13.8 Å². The number of nitrogens with one attached hydrogen (secondary N) is 2. The second kappa shape index (κ2) is 5.30. The molecule has 0 aromatic heterocycles. The van der Waals surface area contributed by atoms with Gasteiger partial charge in [-0.05, 0) is 13.8 Å². The molecule has 0 rings (SSSR count). The molecule has 5 N–H and O–H groups in total. The van der Waals surface area contributed by atoms with E-state index >= 15 is 0 Å². The van der Waals surface area contributed by atoms with Gasteiger partial charge in [0.15, 0.2) is 0 Å². The van der Waals surface area contributed by atoms with Crippen LogP contribution in [0.15, 0.2) is 0 Å². The summed E-state index contributed by atoms with van der Waals surface area (Å²) in [5, 5.41) is 13.2. The Morgan fingerprint density at radius 2 is 1.87 bits per heavy atom. The predicted octanol–water partition coefficient (Wildman–Crippen LogP) is -0.976. The minimum atomic E-state index is -1.10. The fraction of sp³-hybridized carbons (Fsp3) is 0.625. The molecule has 0 aromatic carbocycles. The van der Waals surface area contributed by atoms with Crippen LogP contribution in [0.3, 0.4) is 0 Å². The quantitative estimate of drug-likeness (QED) is 0.471. The van der Waals surface area contributed by atoms with Crippen LogP contribution in [0.25, 0.3) is 0 Å². The van der Waals surface area contributed by atoms with Crippen LogP contribution in [0.5, 0.6) is 0 Å². The Morgan fingerprint density at radius 1 is 1.33 bits per heavy atom. The van der Waals surface area contributed by atoms with Crippen molar-refractivity contribution in [3.63, 3.8) is 0 Å². The van der Waals surface area contributed by atoms with Crippen molar-refractivity contribution < 1.29 is 19.5 Å². The lowest BCUT2D eigenvalue weighted by Crippen LogP contribution is -2.48. The molecule has 0 spiro atoms. The van der Waals surface area contributed by atoms with E-state index in [4.69, 9.17) is 10.8 Å². The molecule has 0 aliphatic carbocycles. The highest BCUT2D eigenvalue weighted by Crippen LogP contribution is 2.00. The van der Waals surface area contributed by atoms with Gasteiger partial charge in [0.05, 0.1) is 0 Å². The van der Waals surface area contributed by atoms with Gasteiger partial charge in [-0.3, -0.25) is 14.9 Å². The minimum absolute atomic E-state index is 0.0142. The van der Waals surface area contributed by atoms with E-state index in [1.807, 2.05) is 5.32 Å². The maximum atomic E-state index is 10.9. The van der Waals surface area contributed by atoms with E-state index in [1.54, 1.807) is 0 Å². The van der Waals surface area contributed by atoms with Gasteiger partial charge in [0, 0.05) is 13.0 Å². The first-order valence-corrected chi connectivity index (χ1v) is 4.33. The fourth-order valence-corrected chi connectivity index (χ4v) is 0.764. The molecular weight excluding hydrogens is 202 g/mol. The molecule has 0 saturated carbocycles. The van der Waals surface area contributed by atoms with Gasteiger partial charge in [-0.2, -0.15) is 0 Å². The van der Waals surface area contributed by atoms with Crippen LogP contribution in [0, 0.1) is 0 Å². The van der Waals surface area contributed by atoms with Crippen molar-refractivity contribution in [1.29, 1.82) is 0 Å². The maximum Gasteiger partial charge on any atom is 0.323 e. The summed E-state index contributed by atoms with van der Waals surface area (Å²) in [6, 6.07) is -0.919. The molecule has 0 unspecified atom stereocenters. The highest BCUT2D eigenvalue weighted by Gasteiger charge is 2.25. The van der Waals surface area contributed by atoms with Crippen molar-refractivity contribution >= 4 is 17.9 Å². The molecule has 86 valence electrons. The van der Waals surface area contributed by atoms with Gasteiger partial charge in [-0.25, -0.2) is 4.79 Å². The third kappa shape index (κ3) is 5.63. The molecule has 0 aromatic rings. The smallest absolute Gasteiger partial charge is 0.323 e. The number of hydrogen-bond donors (Lipinski definition) is 4. The van der Waals surface area contributed by atoms with E-state index in [2.05, 4.69) is 5.32 Å². The lowest BCUT2D eigenvalue weighted by molar-refractivity contribution is -0.143. The van der Waals surface area contributed by atoms with Crippen LogP contribution >= 0.6 is 0 Å². The van der Waals surface area contributed by atoms with Gasteiger partial charge in [0.25, 0.3) is 0 Å². The topological polar surface area (TPSA) is 122 Å². The first-order valence-electron chi connectivity index (χ1n) is 4.33. The third-order valence-corrected chi connectivity index (χ3v) is 1.72. The number of hydrogen-bond acceptors (Lipinski definition) is 4. The Hall–Kier alpha value is -1.63. The Balaban J connectivity index is 3.84. The van der Waals surface area contributed by atoms with Crippen LogP contribution in [-0.4, -0.2) is 35.1 Å². The first kappa shape index (κ1) is 13.4. The number of amides is 3. The Labute approximate surface area is 87.0 Å². The van der Waals surface area contributed by atoms with Gasteiger partial charge in [-0.15, -0.1) is 0 Å². The van der Waals surface area contributed by atoms with Gasteiger partial charge in [0.1, 0.15) is 5.54 Å². The summed E-state index contributed by atoms with van der Waals surface area (Å²) in [5.41, 5.74) is 3.61. The molecule has 15 heavy (non-hydrogen) atoms. The zero-order chi connectivity index (χ0) is 12.1. The molecule has 0 bridgehead atoms. The van der Waals surface area contributed by atoms with Crippen molar-refractivity contribution in [1.82, 2.24) is 10.6 Å². The van der Waals surface area contributed by atoms with Gasteiger partial charge >= 0.3 is 12.0 Å². The second-order valence-electron chi connectivity index (χ2n) is 3.52. The average molecular weight is 217 g/mol. The molecule has 0 aliphatic rings. The number of aliphatic carboxylic acids is 1. The molecule has 7 heteroatoms. The number of carboxylic acids is 1. The van der Waals surface area contributed by atoms with Crippen molar-refractivity contribution in [3.8, 4) is 0 Å². The molecule has 0 aliphatic heterocycles. The molecule has 0 atom stereocenters. The predicted molar refractivity (Wildman–Crippen MR) is 52.1 cm³/mol. The molecule has 0 radical (unpaired) electrons. The SMILES string of the molecule is CC(C)(NCCC(=O)NC(N)=O)C(=O)O. The average Bonchev–Trinajstić information content (AvgIpc) is 2.01. The van der Waals surface area contributed by atoms with Crippen molar-refractivity contribution in [2.24, 2.45) is 5.73 Å². The summed E-state index contributed by atoms with van der Waals surface area (Å²) < 4.78 is 0. The molecule has 0 heterocycles. The summed E-state index contributed by atoms with van der Waals surface area (Å²) >= 11 is 0. The number of carbonyl (C=O) groups excluding carboxylic acids is 2. The van der Waals surface area contributed by atoms with Gasteiger partial charge < -0.3 is 16.2 Å². The third-order valence-electron chi connectivity index (χ3n) is 1.72. The standard InChI is InChI=1S/C8H15N3O4/c1-8(2,6(13)14)10-4-3-5(12)11-7(9)15/h10H,3-4H2,1-2H3,(H,13,14)(H3,9,11,12,15). The van der Waals surface area contributed by atoms with E-state index < -0.39 is 23.4 Å². The second-order valence-corrected chi connectivity index (χ2v) is 3.52. The molecule has 0 fully saturated rings. The van der Waals surface area contributed by atoms with E-state index in [0.29, 0.717) is 0 Å². The molecule has 0 saturated heterocycles. The zero-order valence-electron chi connectivity index (χ0n) is 8.66. The number of primary amides is 1. The summed E-state index contributed by atoms with van der Waals surface area (Å²) in [7, 11) is 0. The Kier molecular flexibility index (Phi) is 4.72.